The maximum Gasteiger partial charge on any atom is 0.255 e. The first-order valence-electron chi connectivity index (χ1n) is 6.11. The summed E-state index contributed by atoms with van der Waals surface area (Å²) in [5.74, 6) is -0.258. The second kappa shape index (κ2) is 6.75. The molecule has 2 N–H and O–H groups in total. The Bertz CT molecular complexity index is 455. The van der Waals surface area contributed by atoms with Crippen LogP contribution in [0.3, 0.4) is 0 Å². The third-order valence-corrected chi connectivity index (χ3v) is 3.90. The number of nitrogens with one attached hydrogen (secondary N) is 1. The number of aromatic hydroxyl groups is 1. The molecule has 1 amide bonds. The normalized spacial score (nSPS) is 13.1. The first-order chi connectivity index (χ1) is 8.75. The second-order valence-electron chi connectivity index (χ2n) is 5.53. The van der Waals surface area contributed by atoms with Crippen LogP contribution in [-0.2, 0) is 0 Å². The van der Waals surface area contributed by atoms with Crippen LogP contribution in [0.4, 0.5) is 0 Å². The lowest BCUT2D eigenvalue weighted by Gasteiger charge is -2.31. The zero-order valence-corrected chi connectivity index (χ0v) is 14.5. The zero-order valence-electron chi connectivity index (χ0n) is 11.3. The molecule has 3 nitrogen and oxygen atoms in total. The Hall–Kier alpha value is -0.550. The smallest absolute Gasteiger partial charge is 0.255 e. The van der Waals surface area contributed by atoms with Crippen molar-refractivity contribution in [3.63, 3.8) is 0 Å². The molecule has 1 aromatic carbocycles. The van der Waals surface area contributed by atoms with Crippen LogP contribution in [0.1, 0.15) is 37.6 Å². The number of phenols is 1. The maximum absolute atomic E-state index is 12.2. The number of halogens is 2. The SMILES string of the molecule is CC(C)(C)C(CCBr)NC(=O)c1cc(Br)ccc1O. The Kier molecular flexibility index (Phi) is 5.86. The van der Waals surface area contributed by atoms with Crippen LogP contribution in [0.5, 0.6) is 5.75 Å². The van der Waals surface area contributed by atoms with Crippen LogP contribution in [0.2, 0.25) is 0 Å². The molecule has 1 aromatic rings. The van der Waals surface area contributed by atoms with Crippen molar-refractivity contribution < 1.29 is 9.90 Å². The summed E-state index contributed by atoms with van der Waals surface area (Å²) < 4.78 is 0.767. The summed E-state index contributed by atoms with van der Waals surface area (Å²) in [6.07, 6.45) is 0.837. The van der Waals surface area contributed by atoms with E-state index in [4.69, 9.17) is 0 Å². The molecule has 0 heterocycles. The van der Waals surface area contributed by atoms with Crippen molar-refractivity contribution in [2.24, 2.45) is 5.41 Å². The van der Waals surface area contributed by atoms with Crippen LogP contribution >= 0.6 is 31.9 Å². The molecule has 1 rings (SSSR count). The van der Waals surface area contributed by atoms with E-state index in [-0.39, 0.29) is 28.7 Å². The third-order valence-electron chi connectivity index (χ3n) is 2.95. The lowest BCUT2D eigenvalue weighted by molar-refractivity contribution is 0.0898. The number of hydrogen-bond acceptors (Lipinski definition) is 2. The molecule has 5 heteroatoms. The fraction of sp³-hybridized carbons (Fsp3) is 0.500. The van der Waals surface area contributed by atoms with E-state index in [1.165, 1.54) is 6.07 Å². The fourth-order valence-electron chi connectivity index (χ4n) is 1.76. The Morgan fingerprint density at radius 3 is 2.58 bits per heavy atom. The van der Waals surface area contributed by atoms with Crippen LogP contribution in [0.25, 0.3) is 0 Å². The molecule has 0 saturated carbocycles. The summed E-state index contributed by atoms with van der Waals surface area (Å²) in [6.45, 7) is 6.25. The van der Waals surface area contributed by atoms with Gasteiger partial charge >= 0.3 is 0 Å². The predicted molar refractivity (Wildman–Crippen MR) is 84.9 cm³/mol. The first-order valence-corrected chi connectivity index (χ1v) is 8.02. The molecule has 0 spiro atoms. The molecule has 0 saturated heterocycles. The Labute approximate surface area is 131 Å². The Morgan fingerprint density at radius 2 is 2.05 bits per heavy atom. The van der Waals surface area contributed by atoms with E-state index in [0.29, 0.717) is 0 Å². The molecule has 0 aliphatic rings. The van der Waals surface area contributed by atoms with Crippen molar-refractivity contribution in [2.75, 3.05) is 5.33 Å². The molecule has 106 valence electrons. The van der Waals surface area contributed by atoms with Crippen molar-refractivity contribution >= 4 is 37.8 Å². The van der Waals surface area contributed by atoms with Crippen molar-refractivity contribution in [3.05, 3.63) is 28.2 Å². The molecule has 0 fully saturated rings. The highest BCUT2D eigenvalue weighted by molar-refractivity contribution is 9.10. The average Bonchev–Trinajstić information content (AvgIpc) is 2.30. The summed E-state index contributed by atoms with van der Waals surface area (Å²) in [6, 6.07) is 4.87. The molecule has 0 bridgehead atoms. The highest BCUT2D eigenvalue weighted by atomic mass is 79.9. The van der Waals surface area contributed by atoms with E-state index in [2.05, 4.69) is 57.9 Å². The monoisotopic (exact) mass is 391 g/mol. The molecule has 1 atom stereocenters. The maximum atomic E-state index is 12.2. The molecule has 0 radical (unpaired) electrons. The number of benzene rings is 1. The number of phenolic OH excluding ortho intramolecular Hbond substituents is 1. The Morgan fingerprint density at radius 1 is 1.42 bits per heavy atom. The van der Waals surface area contributed by atoms with Gasteiger partial charge in [0.05, 0.1) is 5.56 Å². The summed E-state index contributed by atoms with van der Waals surface area (Å²) >= 11 is 6.71. The number of carbonyl (C=O) groups is 1. The van der Waals surface area contributed by atoms with Gasteiger partial charge in [0.15, 0.2) is 0 Å². The van der Waals surface area contributed by atoms with Crippen molar-refractivity contribution in [3.8, 4) is 5.75 Å². The average molecular weight is 393 g/mol. The standard InChI is InChI=1S/C14H19Br2NO2/c1-14(2,3)12(6-7-15)17-13(19)10-8-9(16)4-5-11(10)18/h4-5,8,12,18H,6-7H2,1-3H3,(H,17,19). The molecular formula is C14H19Br2NO2. The van der Waals surface area contributed by atoms with Gasteiger partial charge in [-0.3, -0.25) is 4.79 Å². The second-order valence-corrected chi connectivity index (χ2v) is 7.24. The molecule has 0 aliphatic heterocycles. The number of carbonyl (C=O) groups excluding carboxylic acids is 1. The van der Waals surface area contributed by atoms with Crippen LogP contribution in [-0.4, -0.2) is 22.4 Å². The highest BCUT2D eigenvalue weighted by Gasteiger charge is 2.26. The van der Waals surface area contributed by atoms with Gasteiger partial charge in [-0.05, 0) is 30.0 Å². The molecule has 0 aliphatic carbocycles. The number of amides is 1. The lowest BCUT2D eigenvalue weighted by atomic mass is 9.85. The number of hydrogen-bond donors (Lipinski definition) is 2. The van der Waals surface area contributed by atoms with E-state index in [0.717, 1.165) is 16.2 Å². The van der Waals surface area contributed by atoms with Crippen LogP contribution < -0.4 is 5.32 Å². The van der Waals surface area contributed by atoms with E-state index < -0.39 is 0 Å². The third kappa shape index (κ3) is 4.80. The lowest BCUT2D eigenvalue weighted by Crippen LogP contribution is -2.44. The van der Waals surface area contributed by atoms with Gasteiger partial charge in [0.25, 0.3) is 5.91 Å². The molecule has 1 unspecified atom stereocenters. The fourth-order valence-corrected chi connectivity index (χ4v) is 2.58. The molecular weight excluding hydrogens is 374 g/mol. The molecule has 0 aromatic heterocycles. The largest absolute Gasteiger partial charge is 0.507 e. The highest BCUT2D eigenvalue weighted by Crippen LogP contribution is 2.25. The minimum atomic E-state index is -0.250. The summed E-state index contributed by atoms with van der Waals surface area (Å²) in [5, 5.41) is 13.6. The van der Waals surface area contributed by atoms with Gasteiger partial charge in [0, 0.05) is 15.8 Å². The quantitative estimate of drug-likeness (QED) is 0.758. The Balaban J connectivity index is 2.91. The van der Waals surface area contributed by atoms with E-state index in [1.54, 1.807) is 12.1 Å². The topological polar surface area (TPSA) is 49.3 Å². The van der Waals surface area contributed by atoms with E-state index in [1.807, 2.05) is 0 Å². The zero-order chi connectivity index (χ0) is 14.6. The van der Waals surface area contributed by atoms with Gasteiger partial charge in [0.1, 0.15) is 5.75 Å². The van der Waals surface area contributed by atoms with Gasteiger partial charge < -0.3 is 10.4 Å². The minimum absolute atomic E-state index is 0.00722. The van der Waals surface area contributed by atoms with Crippen molar-refractivity contribution in [2.45, 2.75) is 33.2 Å². The number of rotatable bonds is 4. The van der Waals surface area contributed by atoms with Gasteiger partial charge in [0.2, 0.25) is 0 Å². The minimum Gasteiger partial charge on any atom is -0.507 e. The van der Waals surface area contributed by atoms with Crippen LogP contribution in [0, 0.1) is 5.41 Å². The van der Waals surface area contributed by atoms with Gasteiger partial charge in [-0.25, -0.2) is 0 Å². The van der Waals surface area contributed by atoms with Crippen molar-refractivity contribution in [1.29, 1.82) is 0 Å². The van der Waals surface area contributed by atoms with E-state index >= 15 is 0 Å². The first kappa shape index (κ1) is 16.5. The van der Waals surface area contributed by atoms with E-state index in [9.17, 15) is 9.90 Å². The van der Waals surface area contributed by atoms with Gasteiger partial charge in [-0.2, -0.15) is 0 Å². The van der Waals surface area contributed by atoms with Crippen LogP contribution in [0.15, 0.2) is 22.7 Å². The number of alkyl halides is 1. The summed E-state index contributed by atoms with van der Waals surface area (Å²) in [7, 11) is 0. The predicted octanol–water partition coefficient (Wildman–Crippen LogP) is 4.08. The molecule has 19 heavy (non-hydrogen) atoms. The van der Waals surface area contributed by atoms with Crippen molar-refractivity contribution in [1.82, 2.24) is 5.32 Å². The van der Waals surface area contributed by atoms with Gasteiger partial charge in [-0.15, -0.1) is 0 Å². The van der Waals surface area contributed by atoms with Gasteiger partial charge in [-0.1, -0.05) is 52.6 Å². The summed E-state index contributed by atoms with van der Waals surface area (Å²) in [4.78, 5) is 12.2. The summed E-state index contributed by atoms with van der Waals surface area (Å²) in [5.41, 5.74) is 0.253.